The summed E-state index contributed by atoms with van der Waals surface area (Å²) in [6, 6.07) is 0.718. The van der Waals surface area contributed by atoms with E-state index in [9.17, 15) is 4.79 Å². The van der Waals surface area contributed by atoms with Gasteiger partial charge in [-0.25, -0.2) is 4.79 Å². The van der Waals surface area contributed by atoms with Gasteiger partial charge in [0.25, 0.3) is 0 Å². The monoisotopic (exact) mass is 254 g/mol. The van der Waals surface area contributed by atoms with Crippen molar-refractivity contribution >= 4 is 6.03 Å². The first-order valence-electron chi connectivity index (χ1n) is 7.49. The van der Waals surface area contributed by atoms with Crippen LogP contribution < -0.4 is 5.32 Å². The highest BCUT2D eigenvalue weighted by Gasteiger charge is 2.27. The van der Waals surface area contributed by atoms with Crippen molar-refractivity contribution in [1.82, 2.24) is 10.2 Å². The molecule has 2 aliphatic rings. The van der Waals surface area contributed by atoms with Crippen LogP contribution in [0.2, 0.25) is 0 Å². The van der Waals surface area contributed by atoms with Crippen molar-refractivity contribution in [2.45, 2.75) is 69.9 Å². The third kappa shape index (κ3) is 3.61. The van der Waals surface area contributed by atoms with Crippen LogP contribution in [0.5, 0.6) is 0 Å². The summed E-state index contributed by atoms with van der Waals surface area (Å²) < 4.78 is 0. The summed E-state index contributed by atoms with van der Waals surface area (Å²) in [5, 5.41) is 12.3. The van der Waals surface area contributed by atoms with Crippen LogP contribution in [0.3, 0.4) is 0 Å². The van der Waals surface area contributed by atoms with E-state index in [-0.39, 0.29) is 18.7 Å². The first kappa shape index (κ1) is 13.7. The molecule has 1 aliphatic carbocycles. The van der Waals surface area contributed by atoms with Crippen molar-refractivity contribution in [2.75, 3.05) is 13.2 Å². The molecule has 1 saturated carbocycles. The number of piperidine rings is 1. The van der Waals surface area contributed by atoms with Crippen LogP contribution in [0.4, 0.5) is 4.79 Å². The number of aliphatic hydroxyl groups excluding tert-OH is 1. The number of aliphatic hydroxyl groups is 1. The molecule has 18 heavy (non-hydrogen) atoms. The fraction of sp³-hybridized carbons (Fsp3) is 0.929. The van der Waals surface area contributed by atoms with Gasteiger partial charge in [-0.1, -0.05) is 19.3 Å². The van der Waals surface area contributed by atoms with Crippen molar-refractivity contribution in [3.8, 4) is 0 Å². The Morgan fingerprint density at radius 2 is 1.83 bits per heavy atom. The van der Waals surface area contributed by atoms with Gasteiger partial charge in [0, 0.05) is 25.2 Å². The lowest BCUT2D eigenvalue weighted by molar-refractivity contribution is 0.128. The Hall–Kier alpha value is -0.770. The molecule has 0 aromatic carbocycles. The molecule has 2 rings (SSSR count). The summed E-state index contributed by atoms with van der Waals surface area (Å²) in [4.78, 5) is 14.2. The van der Waals surface area contributed by atoms with Crippen LogP contribution in [0.15, 0.2) is 0 Å². The second kappa shape index (κ2) is 6.98. The lowest BCUT2D eigenvalue weighted by atomic mass is 9.95. The van der Waals surface area contributed by atoms with Gasteiger partial charge >= 0.3 is 6.03 Å². The Morgan fingerprint density at radius 1 is 1.11 bits per heavy atom. The summed E-state index contributed by atoms with van der Waals surface area (Å²) in [5.74, 6) is 0. The van der Waals surface area contributed by atoms with E-state index in [1.54, 1.807) is 0 Å². The van der Waals surface area contributed by atoms with Crippen molar-refractivity contribution < 1.29 is 9.90 Å². The van der Waals surface area contributed by atoms with Crippen LogP contribution in [0.25, 0.3) is 0 Å². The van der Waals surface area contributed by atoms with E-state index < -0.39 is 0 Å². The molecule has 1 saturated heterocycles. The summed E-state index contributed by atoms with van der Waals surface area (Å²) in [7, 11) is 0. The predicted octanol–water partition coefficient (Wildman–Crippen LogP) is 2.27. The number of hydrogen-bond acceptors (Lipinski definition) is 2. The SMILES string of the molecule is O=C(NC1CCCCC1)N1CCCC[C@@H]1CCO. The van der Waals surface area contributed by atoms with Gasteiger partial charge in [0.1, 0.15) is 0 Å². The number of carbonyl (C=O) groups excluding carboxylic acids is 1. The van der Waals surface area contributed by atoms with Gasteiger partial charge in [0.15, 0.2) is 0 Å². The molecular weight excluding hydrogens is 228 g/mol. The van der Waals surface area contributed by atoms with E-state index in [0.717, 1.165) is 38.6 Å². The van der Waals surface area contributed by atoms with E-state index in [2.05, 4.69) is 5.32 Å². The summed E-state index contributed by atoms with van der Waals surface area (Å²) >= 11 is 0. The van der Waals surface area contributed by atoms with Gasteiger partial charge in [-0.2, -0.15) is 0 Å². The average Bonchev–Trinajstić information content (AvgIpc) is 2.41. The second-order valence-corrected chi connectivity index (χ2v) is 5.64. The molecule has 1 aliphatic heterocycles. The normalized spacial score (nSPS) is 26.1. The van der Waals surface area contributed by atoms with Crippen LogP contribution in [-0.2, 0) is 0 Å². The topological polar surface area (TPSA) is 52.6 Å². The molecule has 0 aromatic rings. The molecule has 4 heteroatoms. The van der Waals surface area contributed by atoms with Crippen LogP contribution in [0.1, 0.15) is 57.8 Å². The molecule has 0 radical (unpaired) electrons. The zero-order valence-corrected chi connectivity index (χ0v) is 11.2. The number of likely N-dealkylation sites (tertiary alicyclic amines) is 1. The Balaban J connectivity index is 1.84. The van der Waals surface area contributed by atoms with Gasteiger partial charge in [-0.3, -0.25) is 0 Å². The first-order valence-corrected chi connectivity index (χ1v) is 7.49. The number of carbonyl (C=O) groups is 1. The third-order valence-corrected chi connectivity index (χ3v) is 4.28. The average molecular weight is 254 g/mol. The third-order valence-electron chi connectivity index (χ3n) is 4.28. The van der Waals surface area contributed by atoms with Gasteiger partial charge in [-0.15, -0.1) is 0 Å². The predicted molar refractivity (Wildman–Crippen MR) is 71.5 cm³/mol. The Bertz CT molecular complexity index is 263. The molecule has 0 bridgehead atoms. The van der Waals surface area contributed by atoms with Crippen molar-refractivity contribution in [2.24, 2.45) is 0 Å². The highest BCUT2D eigenvalue weighted by Crippen LogP contribution is 2.21. The molecular formula is C14H26N2O2. The number of nitrogens with one attached hydrogen (secondary N) is 1. The Labute approximate surface area is 110 Å². The second-order valence-electron chi connectivity index (χ2n) is 5.64. The Kier molecular flexibility index (Phi) is 5.29. The summed E-state index contributed by atoms with van der Waals surface area (Å²) in [6.07, 6.45) is 10.1. The zero-order valence-electron chi connectivity index (χ0n) is 11.2. The number of rotatable bonds is 3. The van der Waals surface area contributed by atoms with Crippen LogP contribution in [0, 0.1) is 0 Å². The highest BCUT2D eigenvalue weighted by molar-refractivity contribution is 5.75. The molecule has 0 aromatic heterocycles. The Morgan fingerprint density at radius 3 is 2.56 bits per heavy atom. The van der Waals surface area contributed by atoms with E-state index in [1.165, 1.54) is 25.7 Å². The van der Waals surface area contributed by atoms with Gasteiger partial charge < -0.3 is 15.3 Å². The number of urea groups is 1. The molecule has 2 fully saturated rings. The lowest BCUT2D eigenvalue weighted by Crippen LogP contribution is -2.51. The first-order chi connectivity index (χ1) is 8.81. The molecule has 4 nitrogen and oxygen atoms in total. The fourth-order valence-corrected chi connectivity index (χ4v) is 3.22. The minimum atomic E-state index is 0.0973. The van der Waals surface area contributed by atoms with Crippen LogP contribution >= 0.6 is 0 Å². The smallest absolute Gasteiger partial charge is 0.317 e. The van der Waals surface area contributed by atoms with Crippen LogP contribution in [-0.4, -0.2) is 41.3 Å². The lowest BCUT2D eigenvalue weighted by Gasteiger charge is -2.37. The standard InChI is InChI=1S/C14H26N2O2/c17-11-9-13-8-4-5-10-16(13)14(18)15-12-6-2-1-3-7-12/h12-13,17H,1-11H2,(H,15,18)/t13-/m1/s1. The van der Waals surface area contributed by atoms with Crippen molar-refractivity contribution in [3.05, 3.63) is 0 Å². The minimum Gasteiger partial charge on any atom is -0.396 e. The molecule has 1 heterocycles. The van der Waals surface area contributed by atoms with E-state index in [0.29, 0.717) is 6.04 Å². The zero-order chi connectivity index (χ0) is 12.8. The summed E-state index contributed by atoms with van der Waals surface area (Å²) in [5.41, 5.74) is 0. The van der Waals surface area contributed by atoms with E-state index in [4.69, 9.17) is 5.11 Å². The number of hydrogen-bond donors (Lipinski definition) is 2. The van der Waals surface area contributed by atoms with E-state index in [1.807, 2.05) is 4.90 Å². The maximum Gasteiger partial charge on any atom is 0.317 e. The molecule has 0 spiro atoms. The van der Waals surface area contributed by atoms with Gasteiger partial charge in [0.05, 0.1) is 0 Å². The molecule has 2 N–H and O–H groups in total. The quantitative estimate of drug-likeness (QED) is 0.811. The number of amides is 2. The van der Waals surface area contributed by atoms with Gasteiger partial charge in [0.2, 0.25) is 0 Å². The largest absolute Gasteiger partial charge is 0.396 e. The number of nitrogens with zero attached hydrogens (tertiary/aromatic N) is 1. The van der Waals surface area contributed by atoms with Gasteiger partial charge in [-0.05, 0) is 38.5 Å². The van der Waals surface area contributed by atoms with Crippen molar-refractivity contribution in [1.29, 1.82) is 0 Å². The fourth-order valence-electron chi connectivity index (χ4n) is 3.22. The summed E-state index contributed by atoms with van der Waals surface area (Å²) in [6.45, 7) is 1.03. The molecule has 104 valence electrons. The van der Waals surface area contributed by atoms with E-state index >= 15 is 0 Å². The highest BCUT2D eigenvalue weighted by atomic mass is 16.3. The molecule has 1 atom stereocenters. The minimum absolute atomic E-state index is 0.0973. The van der Waals surface area contributed by atoms with Crippen molar-refractivity contribution in [3.63, 3.8) is 0 Å². The maximum absolute atomic E-state index is 12.3. The molecule has 0 unspecified atom stereocenters. The molecule has 2 amide bonds. The maximum atomic E-state index is 12.3.